The van der Waals surface area contributed by atoms with E-state index >= 15 is 0 Å². The predicted molar refractivity (Wildman–Crippen MR) is 103 cm³/mol. The van der Waals surface area contributed by atoms with E-state index in [1.54, 1.807) is 30.7 Å². The molecule has 0 bridgehead atoms. The molecule has 0 aliphatic heterocycles. The lowest BCUT2D eigenvalue weighted by Crippen LogP contribution is -2.24. The highest BCUT2D eigenvalue weighted by Gasteiger charge is 2.23. The Morgan fingerprint density at radius 1 is 1.24 bits per heavy atom. The van der Waals surface area contributed by atoms with Crippen LogP contribution in [0.3, 0.4) is 0 Å². The molecule has 3 aromatic heterocycles. The van der Waals surface area contributed by atoms with Gasteiger partial charge in [0.25, 0.3) is 0 Å². The minimum Gasteiger partial charge on any atom is -0.344 e. The highest BCUT2D eigenvalue weighted by Crippen LogP contribution is 2.27. The standard InChI is InChI=1S/C20H19FN6O2/c1-20(2,3)19-26-18(29-27-19)17(28)23-9-12-5-4-11(8-14(12)21)13-6-7-22-16-15(13)24-10-25-16/h4-8,10H,9H2,1-3H3,(H,23,28)(H,22,24,25). The van der Waals surface area contributed by atoms with Gasteiger partial charge < -0.3 is 14.8 Å². The number of hydrogen-bond donors (Lipinski definition) is 2. The van der Waals surface area contributed by atoms with E-state index in [1.165, 1.54) is 6.07 Å². The zero-order valence-corrected chi connectivity index (χ0v) is 16.2. The van der Waals surface area contributed by atoms with Gasteiger partial charge in [-0.25, -0.2) is 14.4 Å². The Labute approximate surface area is 165 Å². The molecule has 9 heteroatoms. The Morgan fingerprint density at radius 3 is 2.79 bits per heavy atom. The highest BCUT2D eigenvalue weighted by atomic mass is 19.1. The van der Waals surface area contributed by atoms with E-state index in [4.69, 9.17) is 4.52 Å². The van der Waals surface area contributed by atoms with Gasteiger partial charge in [0.05, 0.1) is 11.8 Å². The van der Waals surface area contributed by atoms with Crippen molar-refractivity contribution < 1.29 is 13.7 Å². The molecule has 1 amide bonds. The van der Waals surface area contributed by atoms with Gasteiger partial charge in [-0.05, 0) is 17.7 Å². The Balaban J connectivity index is 1.50. The van der Waals surface area contributed by atoms with Crippen LogP contribution in [-0.4, -0.2) is 31.0 Å². The zero-order chi connectivity index (χ0) is 20.6. The average Bonchev–Trinajstić information content (AvgIpc) is 3.35. The fraction of sp³-hybridized carbons (Fsp3) is 0.250. The number of carbonyl (C=O) groups excluding carboxylic acids is 1. The molecule has 0 fully saturated rings. The molecule has 0 saturated carbocycles. The molecular weight excluding hydrogens is 375 g/mol. The molecule has 29 heavy (non-hydrogen) atoms. The molecule has 0 radical (unpaired) electrons. The number of fused-ring (bicyclic) bond motifs is 1. The van der Waals surface area contributed by atoms with Crippen LogP contribution in [0, 0.1) is 5.82 Å². The second kappa shape index (κ2) is 7.08. The first-order valence-corrected chi connectivity index (χ1v) is 9.02. The molecular formula is C20H19FN6O2. The van der Waals surface area contributed by atoms with Gasteiger partial charge in [0.2, 0.25) is 0 Å². The summed E-state index contributed by atoms with van der Waals surface area (Å²) in [5, 5.41) is 6.42. The van der Waals surface area contributed by atoms with Crippen molar-refractivity contribution in [2.45, 2.75) is 32.7 Å². The third-order valence-corrected chi connectivity index (χ3v) is 4.42. The van der Waals surface area contributed by atoms with E-state index < -0.39 is 11.7 Å². The third-order valence-electron chi connectivity index (χ3n) is 4.42. The predicted octanol–water partition coefficient (Wildman–Crippen LogP) is 3.37. The second-order valence-electron chi connectivity index (χ2n) is 7.62. The van der Waals surface area contributed by atoms with Crippen LogP contribution in [0.1, 0.15) is 42.8 Å². The highest BCUT2D eigenvalue weighted by molar-refractivity contribution is 5.90. The Morgan fingerprint density at radius 2 is 2.07 bits per heavy atom. The molecule has 2 N–H and O–H groups in total. The number of benzene rings is 1. The second-order valence-corrected chi connectivity index (χ2v) is 7.62. The van der Waals surface area contributed by atoms with E-state index in [1.807, 2.05) is 20.8 Å². The number of nitrogens with one attached hydrogen (secondary N) is 2. The van der Waals surface area contributed by atoms with Crippen molar-refractivity contribution in [3.8, 4) is 11.1 Å². The summed E-state index contributed by atoms with van der Waals surface area (Å²) in [5.74, 6) is -0.705. The van der Waals surface area contributed by atoms with E-state index in [0.29, 0.717) is 22.6 Å². The molecule has 0 aliphatic rings. The number of aromatic nitrogens is 5. The fourth-order valence-corrected chi connectivity index (χ4v) is 2.82. The summed E-state index contributed by atoms with van der Waals surface area (Å²) in [7, 11) is 0. The SMILES string of the molecule is CC(C)(C)c1noc(C(=O)NCc2ccc(-c3ccnc4nc[nH]c34)cc2F)n1. The molecule has 1 aromatic carbocycles. The monoisotopic (exact) mass is 394 g/mol. The minimum absolute atomic E-state index is 0.00596. The zero-order valence-electron chi connectivity index (χ0n) is 16.2. The summed E-state index contributed by atoms with van der Waals surface area (Å²) < 4.78 is 19.6. The smallest absolute Gasteiger partial charge is 0.315 e. The van der Waals surface area contributed by atoms with Crippen molar-refractivity contribution in [2.24, 2.45) is 0 Å². The van der Waals surface area contributed by atoms with Crippen LogP contribution in [0.5, 0.6) is 0 Å². The van der Waals surface area contributed by atoms with Crippen LogP contribution in [-0.2, 0) is 12.0 Å². The molecule has 0 spiro atoms. The topological polar surface area (TPSA) is 110 Å². The molecule has 3 heterocycles. The quantitative estimate of drug-likeness (QED) is 0.549. The normalized spacial score (nSPS) is 11.7. The number of hydrogen-bond acceptors (Lipinski definition) is 6. The van der Waals surface area contributed by atoms with E-state index in [0.717, 1.165) is 11.1 Å². The van der Waals surface area contributed by atoms with Gasteiger partial charge >= 0.3 is 11.8 Å². The van der Waals surface area contributed by atoms with Crippen molar-refractivity contribution in [1.82, 2.24) is 30.4 Å². The van der Waals surface area contributed by atoms with E-state index in [2.05, 4.69) is 30.4 Å². The maximum absolute atomic E-state index is 14.6. The summed E-state index contributed by atoms with van der Waals surface area (Å²) in [6, 6.07) is 6.62. The number of amides is 1. The fourth-order valence-electron chi connectivity index (χ4n) is 2.82. The molecule has 148 valence electrons. The van der Waals surface area contributed by atoms with Crippen LogP contribution < -0.4 is 5.32 Å². The Hall–Kier alpha value is -3.62. The van der Waals surface area contributed by atoms with Crippen molar-refractivity contribution >= 4 is 17.1 Å². The number of H-pyrrole nitrogens is 1. The van der Waals surface area contributed by atoms with Crippen LogP contribution in [0.4, 0.5) is 4.39 Å². The number of pyridine rings is 1. The van der Waals surface area contributed by atoms with Gasteiger partial charge in [-0.3, -0.25) is 4.79 Å². The summed E-state index contributed by atoms with van der Waals surface area (Å²) in [6.45, 7) is 5.73. The molecule has 0 unspecified atom stereocenters. The molecule has 0 atom stereocenters. The number of carbonyl (C=O) groups is 1. The molecule has 0 saturated heterocycles. The number of nitrogens with zero attached hydrogens (tertiary/aromatic N) is 4. The van der Waals surface area contributed by atoms with Crippen LogP contribution in [0.15, 0.2) is 41.3 Å². The summed E-state index contributed by atoms with van der Waals surface area (Å²) in [4.78, 5) is 27.6. The van der Waals surface area contributed by atoms with Crippen molar-refractivity contribution in [3.63, 3.8) is 0 Å². The van der Waals surface area contributed by atoms with Crippen LogP contribution in [0.25, 0.3) is 22.3 Å². The van der Waals surface area contributed by atoms with Crippen molar-refractivity contribution in [3.05, 3.63) is 59.9 Å². The van der Waals surface area contributed by atoms with E-state index in [-0.39, 0.29) is 17.9 Å². The number of rotatable bonds is 4. The summed E-state index contributed by atoms with van der Waals surface area (Å²) in [5.41, 5.74) is 2.78. The van der Waals surface area contributed by atoms with Gasteiger partial charge in [-0.2, -0.15) is 4.98 Å². The molecule has 0 aliphatic carbocycles. The lowest BCUT2D eigenvalue weighted by atomic mass is 9.96. The molecule has 8 nitrogen and oxygen atoms in total. The Bertz CT molecular complexity index is 1190. The number of imidazole rings is 1. The van der Waals surface area contributed by atoms with Gasteiger partial charge in [-0.15, -0.1) is 0 Å². The number of aromatic amines is 1. The van der Waals surface area contributed by atoms with Crippen LogP contribution in [0.2, 0.25) is 0 Å². The van der Waals surface area contributed by atoms with Gasteiger partial charge in [-0.1, -0.05) is 38.1 Å². The lowest BCUT2D eigenvalue weighted by molar-refractivity contribution is 0.0906. The molecule has 4 aromatic rings. The third kappa shape index (κ3) is 3.71. The first-order chi connectivity index (χ1) is 13.8. The first kappa shape index (κ1) is 18.7. The van der Waals surface area contributed by atoms with Crippen molar-refractivity contribution in [1.29, 1.82) is 0 Å². The van der Waals surface area contributed by atoms with E-state index in [9.17, 15) is 9.18 Å². The maximum Gasteiger partial charge on any atom is 0.315 e. The minimum atomic E-state index is -0.551. The largest absolute Gasteiger partial charge is 0.344 e. The summed E-state index contributed by atoms with van der Waals surface area (Å²) in [6.07, 6.45) is 3.17. The summed E-state index contributed by atoms with van der Waals surface area (Å²) >= 11 is 0. The van der Waals surface area contributed by atoms with Crippen LogP contribution >= 0.6 is 0 Å². The first-order valence-electron chi connectivity index (χ1n) is 9.02. The van der Waals surface area contributed by atoms with Gasteiger partial charge in [0.1, 0.15) is 5.82 Å². The Kier molecular flexibility index (Phi) is 4.57. The number of halogens is 1. The van der Waals surface area contributed by atoms with Gasteiger partial charge in [0.15, 0.2) is 11.5 Å². The lowest BCUT2D eigenvalue weighted by Gasteiger charge is -2.10. The maximum atomic E-state index is 14.6. The average molecular weight is 394 g/mol. The van der Waals surface area contributed by atoms with Gasteiger partial charge in [0, 0.05) is 29.3 Å². The molecule has 4 rings (SSSR count). The van der Waals surface area contributed by atoms with Crippen molar-refractivity contribution in [2.75, 3.05) is 0 Å².